The van der Waals surface area contributed by atoms with Gasteiger partial charge in [-0.05, 0) is 18.6 Å². The molecule has 0 aliphatic rings. The monoisotopic (exact) mass is 284 g/mol. The maximum absolute atomic E-state index is 12.1. The Morgan fingerprint density at radius 3 is 2.74 bits per heavy atom. The lowest BCUT2D eigenvalue weighted by Gasteiger charge is -2.18. The number of esters is 1. The molecule has 0 fully saturated rings. The zero-order valence-electron chi connectivity index (χ0n) is 11.0. The number of methoxy groups -OCH3 is 1. The average Bonchev–Trinajstić information content (AvgIpc) is 2.40. The smallest absolute Gasteiger partial charge is 0.305 e. The molecule has 0 bridgehead atoms. The maximum atomic E-state index is 12.1. The Bertz CT molecular complexity index is 477. The van der Waals surface area contributed by atoms with Crippen LogP contribution in [-0.2, 0) is 9.53 Å². The third-order valence-corrected chi connectivity index (χ3v) is 3.06. The number of amides is 1. The number of halogens is 1. The van der Waals surface area contributed by atoms with Gasteiger partial charge in [-0.2, -0.15) is 0 Å². The highest BCUT2D eigenvalue weighted by atomic mass is 35.5. The van der Waals surface area contributed by atoms with Crippen LogP contribution in [0.2, 0.25) is 5.02 Å². The number of hydrogen-bond donors (Lipinski definition) is 1. The van der Waals surface area contributed by atoms with Gasteiger partial charge in [0.2, 0.25) is 0 Å². The number of nitrogens with two attached hydrogens (primary N) is 1. The van der Waals surface area contributed by atoms with Gasteiger partial charge in [-0.1, -0.05) is 17.7 Å². The number of nitrogens with zero attached hydrogens (tertiary/aromatic N) is 1. The van der Waals surface area contributed by atoms with Crippen molar-refractivity contribution >= 4 is 29.2 Å². The van der Waals surface area contributed by atoms with Crippen LogP contribution in [0.1, 0.15) is 23.2 Å². The van der Waals surface area contributed by atoms with Gasteiger partial charge in [0.1, 0.15) is 0 Å². The van der Waals surface area contributed by atoms with Crippen LogP contribution in [-0.4, -0.2) is 37.5 Å². The number of rotatable bonds is 5. The Kier molecular flexibility index (Phi) is 5.63. The summed E-state index contributed by atoms with van der Waals surface area (Å²) in [5, 5.41) is 0.355. The first kappa shape index (κ1) is 15.3. The van der Waals surface area contributed by atoms with E-state index in [0.29, 0.717) is 23.6 Å². The molecule has 0 unspecified atom stereocenters. The number of benzene rings is 1. The molecule has 0 spiro atoms. The van der Waals surface area contributed by atoms with Crippen LogP contribution in [0.3, 0.4) is 0 Å². The largest absolute Gasteiger partial charge is 0.469 e. The van der Waals surface area contributed by atoms with E-state index < -0.39 is 0 Å². The van der Waals surface area contributed by atoms with Gasteiger partial charge in [-0.15, -0.1) is 0 Å². The predicted octanol–water partition coefficient (Wildman–Crippen LogP) is 1.95. The molecule has 1 aromatic carbocycles. The number of anilines is 1. The van der Waals surface area contributed by atoms with E-state index in [1.807, 2.05) is 0 Å². The molecule has 0 atom stereocenters. The van der Waals surface area contributed by atoms with Crippen LogP contribution >= 0.6 is 11.6 Å². The quantitative estimate of drug-likeness (QED) is 0.662. The molecule has 0 saturated carbocycles. The molecule has 19 heavy (non-hydrogen) atoms. The van der Waals surface area contributed by atoms with Gasteiger partial charge in [0.05, 0.1) is 23.4 Å². The van der Waals surface area contributed by atoms with Crippen molar-refractivity contribution in [3.8, 4) is 0 Å². The first-order valence-electron chi connectivity index (χ1n) is 5.83. The van der Waals surface area contributed by atoms with E-state index in [1.54, 1.807) is 25.2 Å². The summed E-state index contributed by atoms with van der Waals surface area (Å²) < 4.78 is 4.53. The van der Waals surface area contributed by atoms with Crippen LogP contribution in [0.5, 0.6) is 0 Å². The second kappa shape index (κ2) is 6.99. The van der Waals surface area contributed by atoms with E-state index in [0.717, 1.165) is 0 Å². The highest BCUT2D eigenvalue weighted by molar-refractivity contribution is 6.33. The summed E-state index contributed by atoms with van der Waals surface area (Å²) in [6.45, 7) is 0.444. The normalized spacial score (nSPS) is 10.1. The van der Waals surface area contributed by atoms with Gasteiger partial charge >= 0.3 is 5.97 Å². The molecule has 5 nitrogen and oxygen atoms in total. The Labute approximate surface area is 117 Å². The topological polar surface area (TPSA) is 72.6 Å². The molecule has 0 aliphatic heterocycles. The van der Waals surface area contributed by atoms with Crippen LogP contribution in [0.4, 0.5) is 5.69 Å². The van der Waals surface area contributed by atoms with Gasteiger partial charge in [-0.3, -0.25) is 9.59 Å². The van der Waals surface area contributed by atoms with Crippen LogP contribution < -0.4 is 5.73 Å². The molecular weight excluding hydrogens is 268 g/mol. The summed E-state index contributed by atoms with van der Waals surface area (Å²) in [6.07, 6.45) is 0.814. The minimum Gasteiger partial charge on any atom is -0.469 e. The predicted molar refractivity (Wildman–Crippen MR) is 74.1 cm³/mol. The third kappa shape index (κ3) is 4.13. The summed E-state index contributed by atoms with van der Waals surface area (Å²) in [5.41, 5.74) is 6.41. The van der Waals surface area contributed by atoms with Crippen molar-refractivity contribution in [1.82, 2.24) is 4.90 Å². The molecule has 6 heteroatoms. The van der Waals surface area contributed by atoms with Crippen molar-refractivity contribution in [1.29, 1.82) is 0 Å². The van der Waals surface area contributed by atoms with E-state index in [-0.39, 0.29) is 24.0 Å². The van der Waals surface area contributed by atoms with Crippen molar-refractivity contribution in [2.24, 2.45) is 0 Å². The molecule has 2 N–H and O–H groups in total. The van der Waals surface area contributed by atoms with E-state index in [2.05, 4.69) is 4.74 Å². The zero-order chi connectivity index (χ0) is 14.4. The second-order valence-corrected chi connectivity index (χ2v) is 4.51. The first-order valence-corrected chi connectivity index (χ1v) is 6.21. The molecule has 0 saturated heterocycles. The van der Waals surface area contributed by atoms with Crippen LogP contribution in [0.25, 0.3) is 0 Å². The van der Waals surface area contributed by atoms with Crippen molar-refractivity contribution in [3.63, 3.8) is 0 Å². The van der Waals surface area contributed by atoms with Gasteiger partial charge < -0.3 is 15.4 Å². The van der Waals surface area contributed by atoms with Crippen molar-refractivity contribution in [3.05, 3.63) is 28.8 Å². The van der Waals surface area contributed by atoms with E-state index in [1.165, 1.54) is 12.0 Å². The molecular formula is C13H17ClN2O3. The van der Waals surface area contributed by atoms with Crippen LogP contribution in [0, 0.1) is 0 Å². The van der Waals surface area contributed by atoms with Gasteiger partial charge in [0.15, 0.2) is 0 Å². The number of carbonyl (C=O) groups excluding carboxylic acids is 2. The summed E-state index contributed by atoms with van der Waals surface area (Å²) in [6, 6.07) is 4.93. The molecule has 1 amide bonds. The van der Waals surface area contributed by atoms with Gasteiger partial charge in [0, 0.05) is 20.0 Å². The molecule has 0 aliphatic carbocycles. The van der Waals surface area contributed by atoms with Crippen molar-refractivity contribution in [2.75, 3.05) is 26.4 Å². The standard InChI is InChI=1S/C13H17ClN2O3/c1-16(8-4-7-11(17)19-2)13(18)9-5-3-6-10(14)12(9)15/h3,5-6H,4,7-8,15H2,1-2H3. The fourth-order valence-corrected chi connectivity index (χ4v) is 1.77. The zero-order valence-corrected chi connectivity index (χ0v) is 11.7. The third-order valence-electron chi connectivity index (χ3n) is 2.73. The fourth-order valence-electron chi connectivity index (χ4n) is 1.59. The summed E-state index contributed by atoms with van der Waals surface area (Å²) >= 11 is 5.87. The Morgan fingerprint density at radius 2 is 2.11 bits per heavy atom. The van der Waals surface area contributed by atoms with Gasteiger partial charge in [-0.25, -0.2) is 0 Å². The Morgan fingerprint density at radius 1 is 1.42 bits per heavy atom. The highest BCUT2D eigenvalue weighted by Gasteiger charge is 2.16. The molecule has 1 aromatic rings. The number of hydrogen-bond acceptors (Lipinski definition) is 4. The minimum atomic E-state index is -0.289. The first-order chi connectivity index (χ1) is 8.97. The maximum Gasteiger partial charge on any atom is 0.305 e. The van der Waals surface area contributed by atoms with Crippen LogP contribution in [0.15, 0.2) is 18.2 Å². The van der Waals surface area contributed by atoms with E-state index >= 15 is 0 Å². The lowest BCUT2D eigenvalue weighted by atomic mass is 10.1. The average molecular weight is 285 g/mol. The Hall–Kier alpha value is -1.75. The molecule has 104 valence electrons. The fraction of sp³-hybridized carbons (Fsp3) is 0.385. The number of para-hydroxylation sites is 1. The molecule has 0 heterocycles. The van der Waals surface area contributed by atoms with Gasteiger partial charge in [0.25, 0.3) is 5.91 Å². The van der Waals surface area contributed by atoms with Crippen molar-refractivity contribution < 1.29 is 14.3 Å². The lowest BCUT2D eigenvalue weighted by Crippen LogP contribution is -2.28. The SMILES string of the molecule is COC(=O)CCCN(C)C(=O)c1cccc(Cl)c1N. The molecule has 0 radical (unpaired) electrons. The van der Waals surface area contributed by atoms with E-state index in [9.17, 15) is 9.59 Å². The summed E-state index contributed by atoms with van der Waals surface area (Å²) in [5.74, 6) is -0.506. The highest BCUT2D eigenvalue weighted by Crippen LogP contribution is 2.23. The molecule has 0 aromatic heterocycles. The molecule has 1 rings (SSSR count). The number of ether oxygens (including phenoxy) is 1. The second-order valence-electron chi connectivity index (χ2n) is 4.11. The Balaban J connectivity index is 2.62. The lowest BCUT2D eigenvalue weighted by molar-refractivity contribution is -0.140. The number of carbonyl (C=O) groups is 2. The van der Waals surface area contributed by atoms with E-state index in [4.69, 9.17) is 17.3 Å². The van der Waals surface area contributed by atoms with Crippen molar-refractivity contribution in [2.45, 2.75) is 12.8 Å². The number of nitrogen functional groups attached to an aromatic ring is 1. The summed E-state index contributed by atoms with van der Waals surface area (Å²) in [4.78, 5) is 24.6. The summed E-state index contributed by atoms with van der Waals surface area (Å²) in [7, 11) is 2.99. The minimum absolute atomic E-state index is 0.218.